The number of ketones is 1. The summed E-state index contributed by atoms with van der Waals surface area (Å²) < 4.78 is 10.7. The molecule has 5 heteroatoms. The van der Waals surface area contributed by atoms with Gasteiger partial charge in [-0.25, -0.2) is 0 Å². The highest BCUT2D eigenvalue weighted by Gasteiger charge is 2.13. The first-order chi connectivity index (χ1) is 9.20. The predicted molar refractivity (Wildman–Crippen MR) is 69.9 cm³/mol. The lowest BCUT2D eigenvalue weighted by molar-refractivity contribution is -0.117. The Hall–Kier alpha value is -2.17. The van der Waals surface area contributed by atoms with Crippen LogP contribution in [0.4, 0.5) is 0 Å². The molecule has 2 rings (SSSR count). The van der Waals surface area contributed by atoms with Gasteiger partial charge < -0.3 is 14.1 Å². The molecule has 0 saturated carbocycles. The zero-order valence-electron chi connectivity index (χ0n) is 11.0. The van der Waals surface area contributed by atoms with E-state index < -0.39 is 0 Å². The van der Waals surface area contributed by atoms with Gasteiger partial charge in [-0.05, 0) is 26.0 Å². The third-order valence-corrected chi connectivity index (χ3v) is 2.59. The van der Waals surface area contributed by atoms with E-state index in [-0.39, 0.29) is 5.78 Å². The highest BCUT2D eigenvalue weighted by Crippen LogP contribution is 2.27. The number of hydrogen-bond donors (Lipinski definition) is 0. The van der Waals surface area contributed by atoms with Gasteiger partial charge >= 0.3 is 0 Å². The fourth-order valence-electron chi connectivity index (χ4n) is 1.68. The summed E-state index contributed by atoms with van der Waals surface area (Å²) in [6.45, 7) is 4.04. The number of para-hydroxylation sites is 1. The average Bonchev–Trinajstić information content (AvgIpc) is 2.86. The monoisotopic (exact) mass is 260 g/mol. The van der Waals surface area contributed by atoms with Crippen molar-refractivity contribution in [1.29, 1.82) is 0 Å². The molecule has 0 atom stereocenters. The molecule has 1 aromatic carbocycles. The maximum absolute atomic E-state index is 10.9. The summed E-state index contributed by atoms with van der Waals surface area (Å²) in [5, 5.41) is 3.93. The predicted octanol–water partition coefficient (Wildman–Crippen LogP) is 2.66. The second kappa shape index (κ2) is 6.13. The van der Waals surface area contributed by atoms with Crippen LogP contribution in [0.2, 0.25) is 0 Å². The molecule has 0 saturated heterocycles. The Bertz CT molecular complexity index is 563. The van der Waals surface area contributed by atoms with E-state index in [1.165, 1.54) is 0 Å². The van der Waals surface area contributed by atoms with Gasteiger partial charge in [0.2, 0.25) is 11.7 Å². The summed E-state index contributed by atoms with van der Waals surface area (Å²) in [6.07, 6.45) is 0.883. The number of aryl methyl sites for hydroxylation is 1. The largest absolute Gasteiger partial charge is 0.493 e. The third kappa shape index (κ3) is 3.40. The Balaban J connectivity index is 2.20. The van der Waals surface area contributed by atoms with E-state index >= 15 is 0 Å². The van der Waals surface area contributed by atoms with Crippen LogP contribution < -0.4 is 4.74 Å². The molecule has 0 fully saturated rings. The molecule has 0 amide bonds. The zero-order valence-corrected chi connectivity index (χ0v) is 11.0. The SMILES string of the molecule is CCOc1ccccc1-c1noc(CCC(C)=O)n1. The molecule has 0 bridgehead atoms. The highest BCUT2D eigenvalue weighted by molar-refractivity contribution is 5.75. The Kier molecular flexibility index (Phi) is 4.28. The number of benzene rings is 1. The normalized spacial score (nSPS) is 10.4. The van der Waals surface area contributed by atoms with Crippen molar-refractivity contribution in [2.75, 3.05) is 6.61 Å². The van der Waals surface area contributed by atoms with Crippen LogP contribution in [0, 0.1) is 0 Å². The van der Waals surface area contributed by atoms with E-state index in [1.807, 2.05) is 31.2 Å². The average molecular weight is 260 g/mol. The van der Waals surface area contributed by atoms with Gasteiger partial charge in [0.25, 0.3) is 0 Å². The van der Waals surface area contributed by atoms with E-state index in [2.05, 4.69) is 10.1 Å². The Morgan fingerprint density at radius 1 is 1.37 bits per heavy atom. The van der Waals surface area contributed by atoms with Crippen LogP contribution in [-0.2, 0) is 11.2 Å². The quantitative estimate of drug-likeness (QED) is 0.798. The summed E-state index contributed by atoms with van der Waals surface area (Å²) in [7, 11) is 0. The first-order valence-electron chi connectivity index (χ1n) is 6.25. The number of hydrogen-bond acceptors (Lipinski definition) is 5. The fourth-order valence-corrected chi connectivity index (χ4v) is 1.68. The van der Waals surface area contributed by atoms with Crippen LogP contribution in [0.1, 0.15) is 26.2 Å². The molecule has 0 radical (unpaired) electrons. The molecule has 5 nitrogen and oxygen atoms in total. The lowest BCUT2D eigenvalue weighted by Gasteiger charge is -2.05. The van der Waals surface area contributed by atoms with Crippen molar-refractivity contribution >= 4 is 5.78 Å². The van der Waals surface area contributed by atoms with Crippen LogP contribution in [-0.4, -0.2) is 22.5 Å². The van der Waals surface area contributed by atoms with Crippen molar-refractivity contribution in [2.24, 2.45) is 0 Å². The molecule has 1 heterocycles. The second-order valence-electron chi connectivity index (χ2n) is 4.14. The van der Waals surface area contributed by atoms with Crippen molar-refractivity contribution in [2.45, 2.75) is 26.7 Å². The molecule has 0 spiro atoms. The molecule has 0 aliphatic rings. The minimum atomic E-state index is 0.106. The molecule has 0 unspecified atom stereocenters. The summed E-state index contributed by atoms with van der Waals surface area (Å²) in [5.41, 5.74) is 0.794. The fraction of sp³-hybridized carbons (Fsp3) is 0.357. The third-order valence-electron chi connectivity index (χ3n) is 2.59. The van der Waals surface area contributed by atoms with Gasteiger partial charge in [0.15, 0.2) is 0 Å². The van der Waals surface area contributed by atoms with Gasteiger partial charge in [-0.15, -0.1) is 0 Å². The van der Waals surface area contributed by atoms with Crippen molar-refractivity contribution < 1.29 is 14.1 Å². The molecule has 0 aliphatic heterocycles. The molecular formula is C14H16N2O3. The number of carbonyl (C=O) groups is 1. The van der Waals surface area contributed by atoms with Crippen LogP contribution in [0.3, 0.4) is 0 Å². The van der Waals surface area contributed by atoms with Crippen molar-refractivity contribution in [3.63, 3.8) is 0 Å². The number of ether oxygens (including phenoxy) is 1. The number of rotatable bonds is 6. The molecule has 100 valence electrons. The van der Waals surface area contributed by atoms with Crippen molar-refractivity contribution in [1.82, 2.24) is 10.1 Å². The molecule has 1 aromatic heterocycles. The van der Waals surface area contributed by atoms with Gasteiger partial charge in [0.05, 0.1) is 12.2 Å². The van der Waals surface area contributed by atoms with Crippen LogP contribution in [0.15, 0.2) is 28.8 Å². The number of Topliss-reactive ketones (excluding diaryl/α,β-unsaturated/α-hetero) is 1. The number of nitrogens with zero attached hydrogens (tertiary/aromatic N) is 2. The first kappa shape index (κ1) is 13.3. The summed E-state index contributed by atoms with van der Waals surface area (Å²) in [5.74, 6) is 1.79. The molecular weight excluding hydrogens is 244 g/mol. The summed E-state index contributed by atoms with van der Waals surface area (Å²) >= 11 is 0. The van der Waals surface area contributed by atoms with E-state index in [0.29, 0.717) is 31.2 Å². The minimum Gasteiger partial charge on any atom is -0.493 e. The van der Waals surface area contributed by atoms with E-state index in [4.69, 9.17) is 9.26 Å². The van der Waals surface area contributed by atoms with Crippen LogP contribution in [0.5, 0.6) is 5.75 Å². The van der Waals surface area contributed by atoms with Crippen molar-refractivity contribution in [3.05, 3.63) is 30.2 Å². The van der Waals surface area contributed by atoms with Crippen LogP contribution in [0.25, 0.3) is 11.4 Å². The number of carbonyl (C=O) groups excluding carboxylic acids is 1. The Morgan fingerprint density at radius 2 is 2.16 bits per heavy atom. The standard InChI is InChI=1S/C14H16N2O3/c1-3-18-12-7-5-4-6-11(12)14-15-13(19-16-14)9-8-10(2)17/h4-7H,3,8-9H2,1-2H3. The molecule has 0 aliphatic carbocycles. The zero-order chi connectivity index (χ0) is 13.7. The lowest BCUT2D eigenvalue weighted by atomic mass is 10.2. The Labute approximate surface area is 111 Å². The van der Waals surface area contributed by atoms with Gasteiger partial charge in [-0.1, -0.05) is 17.3 Å². The van der Waals surface area contributed by atoms with Crippen molar-refractivity contribution in [3.8, 4) is 17.1 Å². The topological polar surface area (TPSA) is 65.2 Å². The van der Waals surface area contributed by atoms with Gasteiger partial charge in [-0.2, -0.15) is 4.98 Å². The molecule has 2 aromatic rings. The van der Waals surface area contributed by atoms with Crippen LogP contribution >= 0.6 is 0 Å². The first-order valence-corrected chi connectivity index (χ1v) is 6.25. The van der Waals surface area contributed by atoms with Gasteiger partial charge in [-0.3, -0.25) is 0 Å². The lowest BCUT2D eigenvalue weighted by Crippen LogP contribution is -1.95. The van der Waals surface area contributed by atoms with Gasteiger partial charge in [0, 0.05) is 12.8 Å². The maximum atomic E-state index is 10.9. The second-order valence-corrected chi connectivity index (χ2v) is 4.14. The van der Waals surface area contributed by atoms with Gasteiger partial charge in [0.1, 0.15) is 11.5 Å². The smallest absolute Gasteiger partial charge is 0.227 e. The minimum absolute atomic E-state index is 0.106. The van der Waals surface area contributed by atoms with E-state index in [9.17, 15) is 4.79 Å². The van der Waals surface area contributed by atoms with E-state index in [1.54, 1.807) is 6.92 Å². The number of aromatic nitrogens is 2. The maximum Gasteiger partial charge on any atom is 0.227 e. The Morgan fingerprint density at radius 3 is 2.89 bits per heavy atom. The summed E-state index contributed by atoms with van der Waals surface area (Å²) in [4.78, 5) is 15.2. The molecule has 0 N–H and O–H groups in total. The van der Waals surface area contributed by atoms with E-state index in [0.717, 1.165) is 11.3 Å². The highest BCUT2D eigenvalue weighted by atomic mass is 16.5. The summed E-state index contributed by atoms with van der Waals surface area (Å²) in [6, 6.07) is 7.53. The molecule has 19 heavy (non-hydrogen) atoms.